The molecule has 50 heavy (non-hydrogen) atoms. The van der Waals surface area contributed by atoms with Crippen molar-refractivity contribution < 1.29 is 0 Å². The maximum atomic E-state index is 5.47. The highest BCUT2D eigenvalue weighted by molar-refractivity contribution is 5.41. The molecule has 1 aromatic rings. The van der Waals surface area contributed by atoms with Gasteiger partial charge in [-0.1, -0.05) is 26.7 Å². The van der Waals surface area contributed by atoms with Gasteiger partial charge >= 0.3 is 0 Å². The van der Waals surface area contributed by atoms with Crippen LogP contribution in [0, 0.1) is 0 Å². The van der Waals surface area contributed by atoms with Crippen LogP contribution in [0.4, 0.5) is 11.9 Å². The van der Waals surface area contributed by atoms with E-state index in [2.05, 4.69) is 108 Å². The first-order valence-corrected chi connectivity index (χ1v) is 19.9. The van der Waals surface area contributed by atoms with Crippen molar-refractivity contribution in [2.45, 2.75) is 168 Å². The molecule has 0 amide bonds. The highest BCUT2D eigenvalue weighted by atomic mass is 15.4. The molecule has 0 aromatic carbocycles. The number of aromatic nitrogens is 3. The van der Waals surface area contributed by atoms with E-state index in [1.807, 2.05) is 0 Å². The molecule has 0 spiro atoms. The van der Waals surface area contributed by atoms with Crippen LogP contribution in [0.5, 0.6) is 0 Å². The number of anilines is 2. The smallest absolute Gasteiger partial charge is 0.230 e. The molecule has 3 heterocycles. The van der Waals surface area contributed by atoms with Gasteiger partial charge in [0.25, 0.3) is 0 Å². The topological polar surface area (TPSA) is 133 Å². The van der Waals surface area contributed by atoms with Crippen LogP contribution >= 0.6 is 0 Å². The molecule has 2 fully saturated rings. The van der Waals surface area contributed by atoms with E-state index in [1.165, 1.54) is 0 Å². The van der Waals surface area contributed by atoms with Gasteiger partial charge in [-0.15, -0.1) is 0 Å². The number of nitrogens with two attached hydrogens (primary N) is 3. The molecule has 0 saturated carbocycles. The fraction of sp³-hybridized carbons (Fsp3) is 0.923. The predicted octanol–water partition coefficient (Wildman–Crippen LogP) is 5.33. The van der Waals surface area contributed by atoms with Crippen LogP contribution in [0.2, 0.25) is 0 Å². The van der Waals surface area contributed by atoms with Gasteiger partial charge in [-0.3, -0.25) is 9.80 Å². The zero-order chi connectivity index (χ0) is 37.8. The molecule has 0 radical (unpaired) electrons. The van der Waals surface area contributed by atoms with Crippen molar-refractivity contribution in [2.75, 3.05) is 76.3 Å². The second kappa shape index (κ2) is 20.0. The summed E-state index contributed by atoms with van der Waals surface area (Å²) in [5, 5.41) is 0. The molecule has 0 atom stereocenters. The summed E-state index contributed by atoms with van der Waals surface area (Å²) in [6, 6.07) is 0.812. The monoisotopic (exact) mass is 704 g/mol. The summed E-state index contributed by atoms with van der Waals surface area (Å²) in [6.07, 6.45) is 12.9. The lowest BCUT2D eigenvalue weighted by molar-refractivity contribution is -0.0130. The number of likely N-dealkylation sites (tertiary alicyclic amines) is 2. The van der Waals surface area contributed by atoms with Crippen LogP contribution in [0.15, 0.2) is 6.33 Å². The van der Waals surface area contributed by atoms with Crippen LogP contribution in [0.3, 0.4) is 0 Å². The lowest BCUT2D eigenvalue weighted by atomic mass is 9.77. The third kappa shape index (κ3) is 12.5. The van der Waals surface area contributed by atoms with Crippen molar-refractivity contribution in [2.24, 2.45) is 17.2 Å². The fourth-order valence-electron chi connectivity index (χ4n) is 8.33. The first-order chi connectivity index (χ1) is 23.4. The normalized spacial score (nSPS) is 20.8. The second-order valence-corrected chi connectivity index (χ2v) is 17.6. The molecule has 6 N–H and O–H groups in total. The Bertz CT molecular complexity index is 978. The van der Waals surface area contributed by atoms with Crippen molar-refractivity contribution in [3.63, 3.8) is 0 Å². The molecule has 2 aliphatic rings. The van der Waals surface area contributed by atoms with Crippen molar-refractivity contribution in [3.05, 3.63) is 6.33 Å². The Labute approximate surface area is 308 Å². The number of unbranched alkanes of at least 4 members (excludes halogenated alkanes) is 2. The number of piperidine rings is 2. The van der Waals surface area contributed by atoms with E-state index >= 15 is 0 Å². The van der Waals surface area contributed by atoms with Gasteiger partial charge in [0, 0.05) is 60.4 Å². The third-order valence-electron chi connectivity index (χ3n) is 11.8. The average Bonchev–Trinajstić information content (AvgIpc) is 3.04. The molecular weight excluding hydrogens is 623 g/mol. The summed E-state index contributed by atoms with van der Waals surface area (Å²) >= 11 is 0. The van der Waals surface area contributed by atoms with Crippen LogP contribution < -0.4 is 27.0 Å². The standard InChI is InChI=1S/C31H59N7.C8H22N4/c1-13-15-17-37(24-19-28(3,4)35(11)29(5,6)20-24)26-32-23-33-27(34-26)38(18-16-14-2)25-21-30(7,8)36(12)31(9,10)22-25;9-3-1-6-12(8-5-11)7-2-4-10/h23-25H,13-22H2,1-12H3;1-11H2. The van der Waals surface area contributed by atoms with E-state index in [1.54, 1.807) is 6.33 Å². The summed E-state index contributed by atoms with van der Waals surface area (Å²) in [5.41, 5.74) is 16.8. The summed E-state index contributed by atoms with van der Waals surface area (Å²) in [4.78, 5) is 27.4. The number of nitrogens with zero attached hydrogens (tertiary/aromatic N) is 8. The Morgan fingerprint density at radius 1 is 0.580 bits per heavy atom. The van der Waals surface area contributed by atoms with Crippen molar-refractivity contribution in [1.29, 1.82) is 0 Å². The Morgan fingerprint density at radius 2 is 0.940 bits per heavy atom. The maximum absolute atomic E-state index is 5.47. The van der Waals surface area contributed by atoms with Gasteiger partial charge < -0.3 is 31.9 Å². The molecule has 0 aliphatic carbocycles. The van der Waals surface area contributed by atoms with Gasteiger partial charge in [0.2, 0.25) is 11.9 Å². The van der Waals surface area contributed by atoms with Gasteiger partial charge in [-0.25, -0.2) is 9.97 Å². The summed E-state index contributed by atoms with van der Waals surface area (Å²) in [7, 11) is 4.56. The van der Waals surface area contributed by atoms with Gasteiger partial charge in [0.05, 0.1) is 0 Å². The molecule has 292 valence electrons. The van der Waals surface area contributed by atoms with E-state index in [0.717, 1.165) is 128 Å². The zero-order valence-electron chi connectivity index (χ0n) is 34.8. The Morgan fingerprint density at radius 3 is 1.24 bits per heavy atom. The fourth-order valence-corrected chi connectivity index (χ4v) is 8.33. The SMILES string of the molecule is CCCCN(c1ncnc(N(CCCC)C2CC(C)(C)N(C)C(C)(C)C2)n1)C1CC(C)(C)N(C)C(C)(C)C1.NCCCN(CCN)CCCN. The molecule has 2 saturated heterocycles. The van der Waals surface area contributed by atoms with Crippen LogP contribution in [0.25, 0.3) is 0 Å². The first kappa shape index (κ1) is 44.5. The Hall–Kier alpha value is -1.63. The van der Waals surface area contributed by atoms with Gasteiger partial charge in [0.15, 0.2) is 0 Å². The van der Waals surface area contributed by atoms with Crippen LogP contribution in [0.1, 0.15) is 133 Å². The van der Waals surface area contributed by atoms with Crippen LogP contribution in [-0.4, -0.2) is 130 Å². The van der Waals surface area contributed by atoms with Crippen molar-refractivity contribution in [1.82, 2.24) is 29.7 Å². The zero-order valence-corrected chi connectivity index (χ0v) is 34.8. The third-order valence-corrected chi connectivity index (χ3v) is 11.8. The minimum absolute atomic E-state index is 0.116. The Balaban J connectivity index is 0.000000616. The molecule has 0 bridgehead atoms. The molecule has 3 rings (SSSR count). The molecule has 11 nitrogen and oxygen atoms in total. The quantitative estimate of drug-likeness (QED) is 0.183. The minimum atomic E-state index is 0.116. The molecule has 11 heteroatoms. The molecule has 2 aliphatic heterocycles. The maximum Gasteiger partial charge on any atom is 0.230 e. The molecule has 0 unspecified atom stereocenters. The summed E-state index contributed by atoms with van der Waals surface area (Å²) in [5.74, 6) is 1.72. The lowest BCUT2D eigenvalue weighted by Crippen LogP contribution is -2.63. The molecular formula is C39H81N11. The minimum Gasteiger partial charge on any atom is -0.338 e. The summed E-state index contributed by atoms with van der Waals surface area (Å²) in [6.45, 7) is 30.9. The largest absolute Gasteiger partial charge is 0.338 e. The first-order valence-electron chi connectivity index (χ1n) is 19.9. The van der Waals surface area contributed by atoms with Crippen molar-refractivity contribution >= 4 is 11.9 Å². The van der Waals surface area contributed by atoms with Crippen LogP contribution in [-0.2, 0) is 0 Å². The second-order valence-electron chi connectivity index (χ2n) is 17.6. The van der Waals surface area contributed by atoms with E-state index in [-0.39, 0.29) is 22.2 Å². The highest BCUT2D eigenvalue weighted by Crippen LogP contribution is 2.41. The summed E-state index contributed by atoms with van der Waals surface area (Å²) < 4.78 is 0. The Kier molecular flexibility index (Phi) is 17.8. The van der Waals surface area contributed by atoms with Gasteiger partial charge in [0.1, 0.15) is 6.33 Å². The molecule has 1 aromatic heterocycles. The van der Waals surface area contributed by atoms with Crippen molar-refractivity contribution in [3.8, 4) is 0 Å². The predicted molar refractivity (Wildman–Crippen MR) is 215 cm³/mol. The lowest BCUT2D eigenvalue weighted by Gasteiger charge is -2.56. The van der Waals surface area contributed by atoms with E-state index in [9.17, 15) is 0 Å². The van der Waals surface area contributed by atoms with Gasteiger partial charge in [-0.2, -0.15) is 4.98 Å². The number of hydrogen-bond acceptors (Lipinski definition) is 11. The average molecular weight is 704 g/mol. The number of rotatable bonds is 18. The highest BCUT2D eigenvalue weighted by Gasteiger charge is 2.47. The van der Waals surface area contributed by atoms with E-state index in [4.69, 9.17) is 32.2 Å². The van der Waals surface area contributed by atoms with E-state index < -0.39 is 0 Å². The van der Waals surface area contributed by atoms with Gasteiger partial charge in [-0.05, 0) is 147 Å². The van der Waals surface area contributed by atoms with E-state index in [0.29, 0.717) is 12.1 Å². The number of hydrogen-bond donors (Lipinski definition) is 3.